The minimum atomic E-state index is -0.373. The van der Waals surface area contributed by atoms with Gasteiger partial charge in [0.15, 0.2) is 0 Å². The number of aliphatic hydroxyl groups is 1. The number of β-amino-alcohol motifs (C(OH)–C–C–N with tert-alkyl or cyclic N) is 1. The SMILES string of the molecule is O=[N+]([O-])c1ccc(N2CCN(CCO)CC2)cc1NC=Cc1ccccc1. The quantitative estimate of drug-likeness (QED) is 0.578. The van der Waals surface area contributed by atoms with Crippen LogP contribution in [0.15, 0.2) is 54.7 Å². The van der Waals surface area contributed by atoms with E-state index in [0.29, 0.717) is 12.2 Å². The van der Waals surface area contributed by atoms with Crippen molar-refractivity contribution in [2.75, 3.05) is 49.5 Å². The Labute approximate surface area is 158 Å². The maximum Gasteiger partial charge on any atom is 0.292 e. The van der Waals surface area contributed by atoms with Crippen molar-refractivity contribution in [3.8, 4) is 0 Å². The largest absolute Gasteiger partial charge is 0.395 e. The first kappa shape index (κ1) is 18.9. The zero-order chi connectivity index (χ0) is 19.1. The lowest BCUT2D eigenvalue weighted by molar-refractivity contribution is -0.383. The second-order valence-electron chi connectivity index (χ2n) is 6.40. The summed E-state index contributed by atoms with van der Waals surface area (Å²) < 4.78 is 0. The van der Waals surface area contributed by atoms with Gasteiger partial charge in [-0.2, -0.15) is 0 Å². The maximum atomic E-state index is 11.4. The highest BCUT2D eigenvalue weighted by Crippen LogP contribution is 2.30. The molecule has 2 aromatic rings. The average Bonchev–Trinajstić information content (AvgIpc) is 2.69. The molecule has 7 nitrogen and oxygen atoms in total. The Morgan fingerprint density at radius 1 is 1.11 bits per heavy atom. The lowest BCUT2D eigenvalue weighted by atomic mass is 10.2. The van der Waals surface area contributed by atoms with Crippen molar-refractivity contribution in [1.29, 1.82) is 0 Å². The summed E-state index contributed by atoms with van der Waals surface area (Å²) in [5, 5.41) is 23.5. The first-order valence-electron chi connectivity index (χ1n) is 9.02. The van der Waals surface area contributed by atoms with Gasteiger partial charge >= 0.3 is 0 Å². The highest BCUT2D eigenvalue weighted by atomic mass is 16.6. The van der Waals surface area contributed by atoms with Crippen LogP contribution in [0.3, 0.4) is 0 Å². The van der Waals surface area contributed by atoms with Gasteiger partial charge in [-0.15, -0.1) is 0 Å². The number of hydrogen-bond acceptors (Lipinski definition) is 6. The zero-order valence-electron chi connectivity index (χ0n) is 15.1. The predicted molar refractivity (Wildman–Crippen MR) is 108 cm³/mol. The molecule has 142 valence electrons. The smallest absolute Gasteiger partial charge is 0.292 e. The molecule has 0 saturated carbocycles. The summed E-state index contributed by atoms with van der Waals surface area (Å²) in [6.45, 7) is 4.25. The van der Waals surface area contributed by atoms with Gasteiger partial charge in [0.05, 0.1) is 11.5 Å². The van der Waals surface area contributed by atoms with Crippen LogP contribution < -0.4 is 10.2 Å². The van der Waals surface area contributed by atoms with E-state index in [4.69, 9.17) is 5.11 Å². The van der Waals surface area contributed by atoms with Crippen LogP contribution in [-0.2, 0) is 0 Å². The Kier molecular flexibility index (Phi) is 6.40. The molecule has 0 spiro atoms. The van der Waals surface area contributed by atoms with Crippen LogP contribution >= 0.6 is 0 Å². The van der Waals surface area contributed by atoms with E-state index >= 15 is 0 Å². The molecule has 2 N–H and O–H groups in total. The molecule has 0 atom stereocenters. The third-order valence-corrected chi connectivity index (χ3v) is 4.64. The van der Waals surface area contributed by atoms with Crippen molar-refractivity contribution in [3.63, 3.8) is 0 Å². The number of nitro groups is 1. The molecule has 0 amide bonds. The molecular formula is C20H24N4O3. The first-order chi connectivity index (χ1) is 13.2. The van der Waals surface area contributed by atoms with Crippen molar-refractivity contribution < 1.29 is 10.0 Å². The van der Waals surface area contributed by atoms with Gasteiger partial charge < -0.3 is 15.3 Å². The zero-order valence-corrected chi connectivity index (χ0v) is 15.1. The van der Waals surface area contributed by atoms with E-state index < -0.39 is 0 Å². The van der Waals surface area contributed by atoms with Gasteiger partial charge in [-0.05, 0) is 23.8 Å². The summed E-state index contributed by atoms with van der Waals surface area (Å²) in [5.74, 6) is 0. The molecule has 1 aliphatic heterocycles. The minimum Gasteiger partial charge on any atom is -0.395 e. The van der Waals surface area contributed by atoms with Crippen LogP contribution in [0.1, 0.15) is 5.56 Å². The molecule has 3 rings (SSSR count). The average molecular weight is 368 g/mol. The lowest BCUT2D eigenvalue weighted by Crippen LogP contribution is -2.47. The second-order valence-corrected chi connectivity index (χ2v) is 6.40. The number of nitro benzene ring substituents is 1. The van der Waals surface area contributed by atoms with Gasteiger partial charge in [0, 0.05) is 50.7 Å². The van der Waals surface area contributed by atoms with Crippen LogP contribution in [0.5, 0.6) is 0 Å². The lowest BCUT2D eigenvalue weighted by Gasteiger charge is -2.35. The maximum absolute atomic E-state index is 11.4. The molecule has 27 heavy (non-hydrogen) atoms. The summed E-state index contributed by atoms with van der Waals surface area (Å²) in [6.07, 6.45) is 3.60. The van der Waals surface area contributed by atoms with E-state index in [2.05, 4.69) is 15.1 Å². The monoisotopic (exact) mass is 368 g/mol. The summed E-state index contributed by atoms with van der Waals surface area (Å²) in [6, 6.07) is 14.9. The van der Waals surface area contributed by atoms with Crippen molar-refractivity contribution in [2.24, 2.45) is 0 Å². The number of rotatable bonds is 7. The van der Waals surface area contributed by atoms with Crippen LogP contribution in [0.2, 0.25) is 0 Å². The highest BCUT2D eigenvalue weighted by Gasteiger charge is 2.20. The van der Waals surface area contributed by atoms with E-state index in [0.717, 1.165) is 37.4 Å². The molecule has 0 unspecified atom stereocenters. The molecule has 0 aromatic heterocycles. The number of hydrogen-bond donors (Lipinski definition) is 2. The van der Waals surface area contributed by atoms with E-state index in [9.17, 15) is 10.1 Å². The fraction of sp³-hybridized carbons (Fsp3) is 0.300. The van der Waals surface area contributed by atoms with Gasteiger partial charge in [0.25, 0.3) is 5.69 Å². The van der Waals surface area contributed by atoms with Gasteiger partial charge in [-0.1, -0.05) is 30.3 Å². The molecule has 1 fully saturated rings. The van der Waals surface area contributed by atoms with Gasteiger partial charge in [0.1, 0.15) is 5.69 Å². The molecule has 1 saturated heterocycles. The number of piperazine rings is 1. The van der Waals surface area contributed by atoms with Crippen LogP contribution in [0.4, 0.5) is 17.1 Å². The van der Waals surface area contributed by atoms with Crippen LogP contribution in [-0.4, -0.2) is 54.3 Å². The summed E-state index contributed by atoms with van der Waals surface area (Å²) in [7, 11) is 0. The standard InChI is InChI=1S/C20H24N4O3/c25-15-14-22-10-12-23(13-11-22)18-6-7-20(24(26)27)19(16-18)21-9-8-17-4-2-1-3-5-17/h1-9,16,21,25H,10-15H2. The van der Waals surface area contributed by atoms with Crippen molar-refractivity contribution in [1.82, 2.24) is 4.90 Å². The molecular weight excluding hydrogens is 344 g/mol. The Morgan fingerprint density at radius 3 is 2.52 bits per heavy atom. The first-order valence-corrected chi connectivity index (χ1v) is 9.02. The normalized spacial score (nSPS) is 15.2. The van der Waals surface area contributed by atoms with Crippen molar-refractivity contribution in [3.05, 3.63) is 70.4 Å². The van der Waals surface area contributed by atoms with Crippen LogP contribution in [0, 0.1) is 10.1 Å². The van der Waals surface area contributed by atoms with E-state index in [1.165, 1.54) is 0 Å². The number of aliphatic hydroxyl groups excluding tert-OH is 1. The molecule has 2 aromatic carbocycles. The highest BCUT2D eigenvalue weighted by molar-refractivity contribution is 5.71. The van der Waals surface area contributed by atoms with Gasteiger partial charge in [-0.25, -0.2) is 0 Å². The molecule has 1 aliphatic rings. The molecule has 0 radical (unpaired) electrons. The Balaban J connectivity index is 1.73. The van der Waals surface area contributed by atoms with E-state index in [1.54, 1.807) is 18.3 Å². The number of nitrogens with zero attached hydrogens (tertiary/aromatic N) is 3. The Bertz CT molecular complexity index is 787. The van der Waals surface area contributed by atoms with Crippen LogP contribution in [0.25, 0.3) is 6.08 Å². The second kappa shape index (κ2) is 9.16. The predicted octanol–water partition coefficient (Wildman–Crippen LogP) is 2.79. The van der Waals surface area contributed by atoms with E-state index in [-0.39, 0.29) is 17.2 Å². The topological polar surface area (TPSA) is 81.9 Å². The molecule has 0 bridgehead atoms. The van der Waals surface area contributed by atoms with Crippen molar-refractivity contribution in [2.45, 2.75) is 0 Å². The third-order valence-electron chi connectivity index (χ3n) is 4.64. The molecule has 1 heterocycles. The number of anilines is 2. The minimum absolute atomic E-state index is 0.0513. The van der Waals surface area contributed by atoms with Gasteiger partial charge in [0.2, 0.25) is 0 Å². The molecule has 0 aliphatic carbocycles. The summed E-state index contributed by atoms with van der Waals surface area (Å²) in [4.78, 5) is 15.4. The third kappa shape index (κ3) is 5.06. The summed E-state index contributed by atoms with van der Waals surface area (Å²) >= 11 is 0. The van der Waals surface area contributed by atoms with Crippen molar-refractivity contribution >= 4 is 23.1 Å². The van der Waals surface area contributed by atoms with E-state index in [1.807, 2.05) is 42.5 Å². The number of nitrogens with one attached hydrogen (secondary N) is 1. The fourth-order valence-electron chi connectivity index (χ4n) is 3.16. The molecule has 7 heteroatoms. The van der Waals surface area contributed by atoms with Gasteiger partial charge in [-0.3, -0.25) is 15.0 Å². The summed E-state index contributed by atoms with van der Waals surface area (Å²) in [5.41, 5.74) is 2.50. The fourth-order valence-corrected chi connectivity index (χ4v) is 3.16. The Hall–Kier alpha value is -2.90. The number of benzene rings is 2. The Morgan fingerprint density at radius 2 is 1.85 bits per heavy atom.